The summed E-state index contributed by atoms with van der Waals surface area (Å²) >= 11 is 11.9. The zero-order valence-electron chi connectivity index (χ0n) is 30.7. The van der Waals surface area contributed by atoms with Crippen LogP contribution in [0.2, 0.25) is 10.0 Å². The highest BCUT2D eigenvalue weighted by atomic mass is 35.5. The smallest absolute Gasteiger partial charge is 0.317 e. The molecule has 1 aliphatic carbocycles. The standard InChI is InChI=1S/C17H25Cl2N3O.C17H25N.C2H2O.2C2H6/c1-3-8-22(14-6-9-21(2)10-7-14)17(23)20-12-13-4-5-15(18)16(19)11-13;1-3-7-15(8-4-1)13-18-12-11-17(14-18)16-9-5-2-6-10-16;1-2-3;2*1-2/h4-5,11,14H,3,6-10,12H2,1-2H3,(H,20,23);2,5-6,9-10,15,17H,1,3-4,7-8,11-14H2;1,3H;2*1-2H3. The van der Waals surface area contributed by atoms with E-state index in [1.54, 1.807) is 17.7 Å². The lowest BCUT2D eigenvalue weighted by atomic mass is 9.89. The molecule has 1 atom stereocenters. The van der Waals surface area contributed by atoms with E-state index in [9.17, 15) is 4.79 Å². The molecule has 270 valence electrons. The molecule has 8 heteroatoms. The van der Waals surface area contributed by atoms with Crippen LogP contribution in [0.3, 0.4) is 0 Å². The van der Waals surface area contributed by atoms with Crippen LogP contribution in [-0.2, 0) is 6.54 Å². The van der Waals surface area contributed by atoms with Crippen LogP contribution in [0.5, 0.6) is 0 Å². The molecule has 0 bridgehead atoms. The number of carbonyl (C=O) groups is 1. The predicted molar refractivity (Wildman–Crippen MR) is 206 cm³/mol. The van der Waals surface area contributed by atoms with Gasteiger partial charge in [0.15, 0.2) is 0 Å². The van der Waals surface area contributed by atoms with Crippen molar-refractivity contribution in [2.45, 2.75) is 111 Å². The lowest BCUT2D eigenvalue weighted by Crippen LogP contribution is -2.50. The zero-order valence-corrected chi connectivity index (χ0v) is 32.2. The Morgan fingerprint density at radius 2 is 1.56 bits per heavy atom. The Labute approximate surface area is 303 Å². The molecule has 3 aliphatic rings. The highest BCUT2D eigenvalue weighted by Gasteiger charge is 2.27. The van der Waals surface area contributed by atoms with Crippen molar-refractivity contribution in [3.05, 3.63) is 69.7 Å². The van der Waals surface area contributed by atoms with Crippen LogP contribution in [0.15, 0.2) is 48.5 Å². The molecule has 2 aromatic carbocycles. The molecule has 2 amide bonds. The Hall–Kier alpha value is -2.43. The average molecular weight is 704 g/mol. The second-order valence-corrected chi connectivity index (χ2v) is 13.2. The number of hydrogen-bond acceptors (Lipinski definition) is 4. The second-order valence-electron chi connectivity index (χ2n) is 12.4. The van der Waals surface area contributed by atoms with Gasteiger partial charge in [-0.05, 0) is 100 Å². The minimum Gasteiger partial charge on any atom is -0.462 e. The number of terminal acetylenes is 1. The third-order valence-electron chi connectivity index (χ3n) is 9.07. The Kier molecular flexibility index (Phi) is 24.0. The number of aliphatic hydroxyl groups excluding tert-OH is 1. The van der Waals surface area contributed by atoms with Crippen molar-refractivity contribution in [3.63, 3.8) is 0 Å². The molecule has 1 saturated carbocycles. The molecule has 2 heterocycles. The molecule has 0 aromatic heterocycles. The number of nitrogens with zero attached hydrogens (tertiary/aromatic N) is 3. The summed E-state index contributed by atoms with van der Waals surface area (Å²) in [5, 5.41) is 11.1. The summed E-state index contributed by atoms with van der Waals surface area (Å²) in [4.78, 5) is 19.6. The van der Waals surface area contributed by atoms with Crippen molar-refractivity contribution < 1.29 is 9.90 Å². The summed E-state index contributed by atoms with van der Waals surface area (Å²) in [5.74, 6) is 1.78. The molecule has 3 fully saturated rings. The number of hydrogen-bond donors (Lipinski definition) is 2. The van der Waals surface area contributed by atoms with Gasteiger partial charge >= 0.3 is 6.03 Å². The highest BCUT2D eigenvalue weighted by molar-refractivity contribution is 6.42. The van der Waals surface area contributed by atoms with Crippen molar-refractivity contribution >= 4 is 29.2 Å². The van der Waals surface area contributed by atoms with E-state index < -0.39 is 0 Å². The van der Waals surface area contributed by atoms with Gasteiger partial charge in [-0.2, -0.15) is 0 Å². The number of halogens is 2. The molecule has 1 unspecified atom stereocenters. The first kappa shape index (κ1) is 43.6. The molecule has 2 saturated heterocycles. The normalized spacial score (nSPS) is 18.2. The molecule has 6 nitrogen and oxygen atoms in total. The summed E-state index contributed by atoms with van der Waals surface area (Å²) < 4.78 is 0. The van der Waals surface area contributed by atoms with Crippen LogP contribution in [0, 0.1) is 18.4 Å². The minimum absolute atomic E-state index is 0.00692. The van der Waals surface area contributed by atoms with Gasteiger partial charge in [0.1, 0.15) is 6.11 Å². The van der Waals surface area contributed by atoms with Gasteiger partial charge in [0.05, 0.1) is 10.0 Å². The van der Waals surface area contributed by atoms with E-state index in [4.69, 9.17) is 28.3 Å². The summed E-state index contributed by atoms with van der Waals surface area (Å²) in [6, 6.07) is 16.9. The van der Waals surface area contributed by atoms with Gasteiger partial charge in [0.2, 0.25) is 0 Å². The third-order valence-corrected chi connectivity index (χ3v) is 9.81. The summed E-state index contributed by atoms with van der Waals surface area (Å²) in [5.41, 5.74) is 2.50. The topological polar surface area (TPSA) is 59.1 Å². The number of piperidine rings is 1. The number of nitrogens with one attached hydrogen (secondary N) is 1. The highest BCUT2D eigenvalue weighted by Crippen LogP contribution is 2.30. The third kappa shape index (κ3) is 16.3. The van der Waals surface area contributed by atoms with Crippen LogP contribution in [-0.4, -0.2) is 78.2 Å². The number of carbonyl (C=O) groups excluding carboxylic acids is 1. The van der Waals surface area contributed by atoms with Gasteiger partial charge < -0.3 is 25.1 Å². The maximum atomic E-state index is 12.6. The van der Waals surface area contributed by atoms with Crippen molar-refractivity contribution in [2.24, 2.45) is 5.92 Å². The molecule has 48 heavy (non-hydrogen) atoms. The van der Waals surface area contributed by atoms with E-state index in [0.717, 1.165) is 56.3 Å². The summed E-state index contributed by atoms with van der Waals surface area (Å²) in [6.45, 7) is 17.4. The van der Waals surface area contributed by atoms with E-state index in [-0.39, 0.29) is 6.03 Å². The van der Waals surface area contributed by atoms with Gasteiger partial charge in [-0.1, -0.05) is 120 Å². The van der Waals surface area contributed by atoms with Crippen LogP contribution in [0.1, 0.15) is 109 Å². The molecule has 2 aromatic rings. The van der Waals surface area contributed by atoms with E-state index in [1.807, 2.05) is 38.7 Å². The number of likely N-dealkylation sites (tertiary alicyclic amines) is 2. The van der Waals surface area contributed by atoms with Crippen molar-refractivity contribution in [1.29, 1.82) is 0 Å². The first-order chi connectivity index (χ1) is 23.3. The van der Waals surface area contributed by atoms with Gasteiger partial charge in [-0.15, -0.1) is 0 Å². The Morgan fingerprint density at radius 1 is 0.938 bits per heavy atom. The maximum Gasteiger partial charge on any atom is 0.317 e. The van der Waals surface area contributed by atoms with Crippen molar-refractivity contribution in [1.82, 2.24) is 20.0 Å². The number of amides is 2. The van der Waals surface area contributed by atoms with Crippen molar-refractivity contribution in [2.75, 3.05) is 46.3 Å². The molecule has 0 radical (unpaired) electrons. The quantitative estimate of drug-likeness (QED) is 0.269. The molecule has 2 aliphatic heterocycles. The number of aliphatic hydroxyl groups is 1. The van der Waals surface area contributed by atoms with Crippen LogP contribution in [0.4, 0.5) is 4.79 Å². The first-order valence-electron chi connectivity index (χ1n) is 18.4. The van der Waals surface area contributed by atoms with Gasteiger partial charge in [0, 0.05) is 32.2 Å². The fourth-order valence-corrected chi connectivity index (χ4v) is 6.98. The molecule has 0 spiro atoms. The minimum atomic E-state index is 0.00692. The number of urea groups is 1. The Balaban J connectivity index is 0.000000412. The van der Waals surface area contributed by atoms with Gasteiger partial charge in [-0.3, -0.25) is 0 Å². The number of rotatable bonds is 8. The van der Waals surface area contributed by atoms with Crippen molar-refractivity contribution in [3.8, 4) is 12.5 Å². The molecule has 5 rings (SSSR count). The van der Waals surface area contributed by atoms with Crippen LogP contribution in [0.25, 0.3) is 0 Å². The Bertz CT molecular complexity index is 1150. The van der Waals surface area contributed by atoms with E-state index in [2.05, 4.69) is 65.8 Å². The molecular formula is C40H64Cl2N4O2. The lowest BCUT2D eigenvalue weighted by Gasteiger charge is -2.37. The van der Waals surface area contributed by atoms with Gasteiger partial charge in [-0.25, -0.2) is 4.79 Å². The largest absolute Gasteiger partial charge is 0.462 e. The summed E-state index contributed by atoms with van der Waals surface area (Å²) in [6.07, 6.45) is 17.2. The Morgan fingerprint density at radius 3 is 2.15 bits per heavy atom. The van der Waals surface area contributed by atoms with Crippen LogP contribution < -0.4 is 5.32 Å². The number of benzene rings is 2. The van der Waals surface area contributed by atoms with Crippen LogP contribution >= 0.6 is 23.2 Å². The monoisotopic (exact) mass is 702 g/mol. The molecular weight excluding hydrogens is 639 g/mol. The fraction of sp³-hybridized carbons (Fsp3) is 0.625. The first-order valence-corrected chi connectivity index (χ1v) is 19.1. The van der Waals surface area contributed by atoms with E-state index in [0.29, 0.717) is 22.6 Å². The maximum absolute atomic E-state index is 12.6. The SMILES string of the molecule is C#CO.CC.CC.CCCN(C(=O)NCc1ccc(Cl)c(Cl)c1)C1CCN(C)CC1.c1ccc(C2CCN(CC3CCCCC3)C2)cc1. The average Bonchev–Trinajstić information content (AvgIpc) is 3.60. The zero-order chi connectivity index (χ0) is 35.7. The second kappa shape index (κ2) is 26.4. The molecule has 2 N–H and O–H groups in total. The summed E-state index contributed by atoms with van der Waals surface area (Å²) in [7, 11) is 2.13. The van der Waals surface area contributed by atoms with Gasteiger partial charge in [0.25, 0.3) is 0 Å². The van der Waals surface area contributed by atoms with E-state index >= 15 is 0 Å². The lowest BCUT2D eigenvalue weighted by molar-refractivity contribution is 0.131. The van der Waals surface area contributed by atoms with E-state index in [1.165, 1.54) is 64.3 Å². The fourth-order valence-electron chi connectivity index (χ4n) is 6.66. The predicted octanol–water partition coefficient (Wildman–Crippen LogP) is 10.1.